The summed E-state index contributed by atoms with van der Waals surface area (Å²) < 4.78 is 6.99. The molecule has 0 fully saturated rings. The standard InChI is InChI=1S/C23H36Cl2N6O3/c1-5-34-23(33)19(12-15(2)3)29-22(32)17(26)6-7-20-28-18-13-16(14-27-21(18)30(20)4)31(10-8-24)11-9-25/h13-15,17,19H,5-12,26H2,1-4H3,(H,29,32). The number of carbonyl (C=O) groups excluding carboxylic acids is 2. The maximum atomic E-state index is 12.7. The van der Waals surface area contributed by atoms with Gasteiger partial charge >= 0.3 is 5.97 Å². The first-order valence-corrected chi connectivity index (χ1v) is 12.7. The molecule has 0 aliphatic heterocycles. The van der Waals surface area contributed by atoms with Crippen LogP contribution in [0.3, 0.4) is 0 Å². The number of halogens is 2. The zero-order valence-electron chi connectivity index (χ0n) is 20.4. The first-order chi connectivity index (χ1) is 16.2. The number of nitrogens with two attached hydrogens (primary N) is 1. The Labute approximate surface area is 211 Å². The molecule has 0 aliphatic rings. The molecule has 0 saturated carbocycles. The number of alkyl halides is 2. The average molecular weight is 515 g/mol. The van der Waals surface area contributed by atoms with Gasteiger partial charge in [0.15, 0.2) is 5.65 Å². The van der Waals surface area contributed by atoms with Gasteiger partial charge in [0.05, 0.1) is 24.5 Å². The fourth-order valence-corrected chi connectivity index (χ4v) is 4.11. The van der Waals surface area contributed by atoms with Crippen molar-refractivity contribution in [3.05, 3.63) is 18.1 Å². The highest BCUT2D eigenvalue weighted by Gasteiger charge is 2.26. The van der Waals surface area contributed by atoms with Gasteiger partial charge in [0.2, 0.25) is 5.91 Å². The SMILES string of the molecule is CCOC(=O)C(CC(C)C)NC(=O)C(N)CCc1nc2cc(N(CCCl)CCCl)cnc2n1C. The zero-order valence-corrected chi connectivity index (χ0v) is 21.9. The number of rotatable bonds is 14. The van der Waals surface area contributed by atoms with Crippen LogP contribution in [-0.2, 0) is 27.8 Å². The molecule has 1 amide bonds. The van der Waals surface area contributed by atoms with E-state index in [9.17, 15) is 9.59 Å². The topological polar surface area (TPSA) is 115 Å². The van der Waals surface area contributed by atoms with Gasteiger partial charge in [-0.3, -0.25) is 4.79 Å². The molecule has 2 heterocycles. The zero-order chi connectivity index (χ0) is 25.3. The number of anilines is 1. The van der Waals surface area contributed by atoms with Crippen LogP contribution in [0.4, 0.5) is 5.69 Å². The minimum Gasteiger partial charge on any atom is -0.464 e. The predicted molar refractivity (Wildman–Crippen MR) is 136 cm³/mol. The van der Waals surface area contributed by atoms with Crippen molar-refractivity contribution in [2.75, 3.05) is 36.4 Å². The molecule has 0 aliphatic carbocycles. The van der Waals surface area contributed by atoms with Crippen LogP contribution in [0.15, 0.2) is 12.3 Å². The molecule has 0 saturated heterocycles. The summed E-state index contributed by atoms with van der Waals surface area (Å²) in [6, 6.07) is 0.476. The summed E-state index contributed by atoms with van der Waals surface area (Å²) in [5.41, 5.74) is 8.55. The lowest BCUT2D eigenvalue weighted by molar-refractivity contribution is -0.148. The maximum absolute atomic E-state index is 12.7. The number of nitrogens with zero attached hydrogens (tertiary/aromatic N) is 4. The second kappa shape index (κ2) is 13.7. The molecular formula is C23H36Cl2N6O3. The molecule has 9 nitrogen and oxygen atoms in total. The number of hydrogen-bond donors (Lipinski definition) is 2. The van der Waals surface area contributed by atoms with Gasteiger partial charge in [-0.1, -0.05) is 13.8 Å². The number of hydrogen-bond acceptors (Lipinski definition) is 7. The Bertz CT molecular complexity index is 946. The lowest BCUT2D eigenvalue weighted by Gasteiger charge is -2.22. The second-order valence-electron chi connectivity index (χ2n) is 8.58. The van der Waals surface area contributed by atoms with E-state index in [1.54, 1.807) is 13.1 Å². The summed E-state index contributed by atoms with van der Waals surface area (Å²) in [6.45, 7) is 7.28. The number of aromatic nitrogens is 3. The van der Waals surface area contributed by atoms with Crippen LogP contribution < -0.4 is 16.0 Å². The molecule has 2 atom stereocenters. The van der Waals surface area contributed by atoms with Crippen molar-refractivity contribution in [2.45, 2.75) is 52.1 Å². The third kappa shape index (κ3) is 7.71. The molecule has 3 N–H and O–H groups in total. The summed E-state index contributed by atoms with van der Waals surface area (Å²) in [6.07, 6.45) is 3.13. The third-order valence-corrected chi connectivity index (χ3v) is 5.81. The first kappa shape index (κ1) is 28.1. The maximum Gasteiger partial charge on any atom is 0.328 e. The van der Waals surface area contributed by atoms with Gasteiger partial charge in [0.25, 0.3) is 0 Å². The number of aryl methyl sites for hydroxylation is 2. The van der Waals surface area contributed by atoms with Gasteiger partial charge in [-0.2, -0.15) is 0 Å². The Morgan fingerprint density at radius 1 is 1.26 bits per heavy atom. The summed E-state index contributed by atoms with van der Waals surface area (Å²) >= 11 is 11.8. The molecule has 2 rings (SSSR count). The van der Waals surface area contributed by atoms with Crippen molar-refractivity contribution in [1.29, 1.82) is 0 Å². The van der Waals surface area contributed by atoms with Crippen LogP contribution in [0, 0.1) is 5.92 Å². The number of pyridine rings is 1. The molecule has 34 heavy (non-hydrogen) atoms. The summed E-state index contributed by atoms with van der Waals surface area (Å²) in [7, 11) is 1.89. The fraction of sp³-hybridized carbons (Fsp3) is 0.652. The van der Waals surface area contributed by atoms with Crippen molar-refractivity contribution in [2.24, 2.45) is 18.7 Å². The molecule has 190 valence electrons. The van der Waals surface area contributed by atoms with E-state index in [1.807, 2.05) is 31.5 Å². The van der Waals surface area contributed by atoms with Gasteiger partial charge in [-0.05, 0) is 31.7 Å². The summed E-state index contributed by atoms with van der Waals surface area (Å²) in [5.74, 6) is 1.14. The molecule has 2 aromatic heterocycles. The Morgan fingerprint density at radius 3 is 2.53 bits per heavy atom. The van der Waals surface area contributed by atoms with Crippen molar-refractivity contribution < 1.29 is 14.3 Å². The van der Waals surface area contributed by atoms with Crippen LogP contribution in [0.25, 0.3) is 11.2 Å². The van der Waals surface area contributed by atoms with E-state index in [0.717, 1.165) is 22.7 Å². The molecule has 0 spiro atoms. The van der Waals surface area contributed by atoms with E-state index in [-0.39, 0.29) is 18.4 Å². The highest BCUT2D eigenvalue weighted by atomic mass is 35.5. The van der Waals surface area contributed by atoms with Crippen molar-refractivity contribution in [3.8, 4) is 0 Å². The molecular weight excluding hydrogens is 479 g/mol. The van der Waals surface area contributed by atoms with Crippen molar-refractivity contribution >= 4 is 51.9 Å². The van der Waals surface area contributed by atoms with Crippen LogP contribution in [0.1, 0.15) is 39.4 Å². The van der Waals surface area contributed by atoms with Crippen LogP contribution in [0.5, 0.6) is 0 Å². The fourth-order valence-electron chi connectivity index (χ4n) is 3.71. The van der Waals surface area contributed by atoms with Crippen molar-refractivity contribution in [3.63, 3.8) is 0 Å². The van der Waals surface area contributed by atoms with Gasteiger partial charge in [-0.15, -0.1) is 23.2 Å². The molecule has 2 aromatic rings. The molecule has 2 unspecified atom stereocenters. The number of nitrogens with one attached hydrogen (secondary N) is 1. The Balaban J connectivity index is 2.07. The highest BCUT2D eigenvalue weighted by molar-refractivity contribution is 6.18. The average Bonchev–Trinajstić information content (AvgIpc) is 3.11. The summed E-state index contributed by atoms with van der Waals surface area (Å²) in [4.78, 5) is 36.2. The van der Waals surface area contributed by atoms with E-state index in [2.05, 4.69) is 15.2 Å². The van der Waals surface area contributed by atoms with Gasteiger partial charge in [0, 0.05) is 38.3 Å². The number of amides is 1. The number of imidazole rings is 1. The van der Waals surface area contributed by atoms with Gasteiger partial charge < -0.3 is 25.3 Å². The number of esters is 1. The third-order valence-electron chi connectivity index (χ3n) is 5.47. The molecule has 0 bridgehead atoms. The first-order valence-electron chi connectivity index (χ1n) is 11.6. The van der Waals surface area contributed by atoms with Crippen molar-refractivity contribution in [1.82, 2.24) is 19.9 Å². The minimum absolute atomic E-state index is 0.216. The number of carbonyl (C=O) groups is 2. The molecule has 0 aromatic carbocycles. The monoisotopic (exact) mass is 514 g/mol. The lowest BCUT2D eigenvalue weighted by Crippen LogP contribution is -2.49. The van der Waals surface area contributed by atoms with E-state index in [4.69, 9.17) is 38.7 Å². The lowest BCUT2D eigenvalue weighted by atomic mass is 10.0. The van der Waals surface area contributed by atoms with Gasteiger partial charge in [0.1, 0.15) is 17.4 Å². The van der Waals surface area contributed by atoms with E-state index in [1.165, 1.54) is 0 Å². The molecule has 0 radical (unpaired) electrons. The minimum atomic E-state index is -0.782. The van der Waals surface area contributed by atoms with Crippen LogP contribution in [-0.4, -0.2) is 70.0 Å². The molecule has 11 heteroatoms. The normalized spacial score (nSPS) is 13.2. The Kier molecular flexibility index (Phi) is 11.3. The largest absolute Gasteiger partial charge is 0.464 e. The van der Waals surface area contributed by atoms with E-state index >= 15 is 0 Å². The smallest absolute Gasteiger partial charge is 0.328 e. The number of fused-ring (bicyclic) bond motifs is 1. The quantitative estimate of drug-likeness (QED) is 0.294. The van der Waals surface area contributed by atoms with Crippen LogP contribution >= 0.6 is 23.2 Å². The predicted octanol–water partition coefficient (Wildman–Crippen LogP) is 2.61. The Morgan fingerprint density at radius 2 is 1.94 bits per heavy atom. The second-order valence-corrected chi connectivity index (χ2v) is 9.33. The van der Waals surface area contributed by atoms with Gasteiger partial charge in [-0.25, -0.2) is 14.8 Å². The van der Waals surface area contributed by atoms with E-state index < -0.39 is 18.1 Å². The Hall–Kier alpha value is -2.10. The number of ether oxygens (including phenoxy) is 1. The van der Waals surface area contributed by atoms with E-state index in [0.29, 0.717) is 44.1 Å². The highest BCUT2D eigenvalue weighted by Crippen LogP contribution is 2.21. The summed E-state index contributed by atoms with van der Waals surface area (Å²) in [5, 5.41) is 2.75. The van der Waals surface area contributed by atoms with Crippen LogP contribution in [0.2, 0.25) is 0 Å².